The fourth-order valence-electron chi connectivity index (χ4n) is 2.72. The van der Waals surface area contributed by atoms with E-state index in [1.807, 2.05) is 48.5 Å². The number of benzene rings is 2. The van der Waals surface area contributed by atoms with Crippen LogP contribution in [0.15, 0.2) is 60.9 Å². The number of aromatic nitrogens is 4. The molecule has 0 saturated heterocycles. The third kappa shape index (κ3) is 2.94. The van der Waals surface area contributed by atoms with Crippen LogP contribution >= 0.6 is 22.7 Å². The molecule has 0 fully saturated rings. The van der Waals surface area contributed by atoms with Gasteiger partial charge in [-0.1, -0.05) is 35.6 Å². The minimum Gasteiger partial charge on any atom is -0.296 e. The highest BCUT2D eigenvalue weighted by atomic mass is 32.1. The highest BCUT2D eigenvalue weighted by molar-refractivity contribution is 7.22. The van der Waals surface area contributed by atoms with Gasteiger partial charge in [-0.15, -0.1) is 11.3 Å². The fraction of sp³-hybridized carbons (Fsp3) is 0. The molecular formula is C19H11N5OS2. The molecule has 27 heavy (non-hydrogen) atoms. The van der Waals surface area contributed by atoms with Gasteiger partial charge in [-0.25, -0.2) is 19.9 Å². The smallest absolute Gasteiger partial charge is 0.278 e. The topological polar surface area (TPSA) is 80.7 Å². The maximum Gasteiger partial charge on any atom is 0.278 e. The average Bonchev–Trinajstić information content (AvgIpc) is 3.31. The van der Waals surface area contributed by atoms with Gasteiger partial charge in [0.1, 0.15) is 10.7 Å². The third-order valence-corrected chi connectivity index (χ3v) is 5.92. The molecule has 0 bridgehead atoms. The van der Waals surface area contributed by atoms with E-state index in [4.69, 9.17) is 0 Å². The summed E-state index contributed by atoms with van der Waals surface area (Å²) < 4.78 is 2.05. The van der Waals surface area contributed by atoms with Crippen LogP contribution in [0.1, 0.15) is 10.5 Å². The maximum absolute atomic E-state index is 12.8. The molecule has 0 aliphatic heterocycles. The Labute approximate surface area is 161 Å². The number of nitrogens with one attached hydrogen (secondary N) is 1. The lowest BCUT2D eigenvalue weighted by Gasteiger charge is -2.04. The second-order valence-corrected chi connectivity index (χ2v) is 7.74. The van der Waals surface area contributed by atoms with E-state index in [1.54, 1.807) is 6.20 Å². The van der Waals surface area contributed by atoms with Gasteiger partial charge < -0.3 is 0 Å². The van der Waals surface area contributed by atoms with Crippen molar-refractivity contribution < 1.29 is 4.79 Å². The van der Waals surface area contributed by atoms with Crippen molar-refractivity contribution in [3.8, 4) is 10.7 Å². The van der Waals surface area contributed by atoms with Crippen molar-refractivity contribution in [1.82, 2.24) is 19.9 Å². The Bertz CT molecular complexity index is 1230. The molecule has 3 heterocycles. The summed E-state index contributed by atoms with van der Waals surface area (Å²) in [6.07, 6.45) is 3.07. The molecule has 130 valence electrons. The zero-order chi connectivity index (χ0) is 18.2. The number of carbonyl (C=O) groups is 1. The van der Waals surface area contributed by atoms with Gasteiger partial charge in [0.2, 0.25) is 0 Å². The van der Waals surface area contributed by atoms with Crippen molar-refractivity contribution in [2.75, 3.05) is 5.32 Å². The number of thiazole rings is 2. The largest absolute Gasteiger partial charge is 0.296 e. The van der Waals surface area contributed by atoms with Crippen LogP contribution in [0.5, 0.6) is 0 Å². The van der Waals surface area contributed by atoms with Crippen LogP contribution in [-0.4, -0.2) is 25.8 Å². The van der Waals surface area contributed by atoms with Crippen LogP contribution in [0.4, 0.5) is 5.13 Å². The maximum atomic E-state index is 12.8. The summed E-state index contributed by atoms with van der Waals surface area (Å²) >= 11 is 2.91. The molecule has 0 unspecified atom stereocenters. The summed E-state index contributed by atoms with van der Waals surface area (Å²) in [5, 5.41) is 4.03. The minimum atomic E-state index is -0.351. The quantitative estimate of drug-likeness (QED) is 0.487. The molecule has 1 amide bonds. The van der Waals surface area contributed by atoms with Crippen molar-refractivity contribution in [2.45, 2.75) is 0 Å². The molecule has 0 spiro atoms. The second-order valence-electron chi connectivity index (χ2n) is 5.68. The second kappa shape index (κ2) is 6.49. The Kier molecular flexibility index (Phi) is 3.84. The first kappa shape index (κ1) is 16.0. The van der Waals surface area contributed by atoms with Crippen molar-refractivity contribution in [3.05, 3.63) is 66.6 Å². The number of fused-ring (bicyclic) bond motifs is 2. The summed E-state index contributed by atoms with van der Waals surface area (Å²) in [5.41, 5.74) is 2.43. The Morgan fingerprint density at radius 3 is 2.22 bits per heavy atom. The Morgan fingerprint density at radius 2 is 1.48 bits per heavy atom. The number of hydrogen-bond donors (Lipinski definition) is 1. The predicted octanol–water partition coefficient (Wildman–Crippen LogP) is 4.62. The van der Waals surface area contributed by atoms with E-state index < -0.39 is 0 Å². The van der Waals surface area contributed by atoms with E-state index in [2.05, 4.69) is 25.3 Å². The lowest BCUT2D eigenvalue weighted by molar-refractivity contribution is 0.102. The first-order chi connectivity index (χ1) is 13.3. The van der Waals surface area contributed by atoms with E-state index in [-0.39, 0.29) is 11.6 Å². The van der Waals surface area contributed by atoms with E-state index >= 15 is 0 Å². The first-order valence-corrected chi connectivity index (χ1v) is 9.75. The van der Waals surface area contributed by atoms with Crippen LogP contribution < -0.4 is 5.32 Å². The number of rotatable bonds is 3. The van der Waals surface area contributed by atoms with Crippen molar-refractivity contribution in [3.63, 3.8) is 0 Å². The van der Waals surface area contributed by atoms with Gasteiger partial charge in [-0.2, -0.15) is 0 Å². The summed E-state index contributed by atoms with van der Waals surface area (Å²) in [7, 11) is 0. The molecular weight excluding hydrogens is 378 g/mol. The predicted molar refractivity (Wildman–Crippen MR) is 108 cm³/mol. The van der Waals surface area contributed by atoms with Crippen LogP contribution in [0.25, 0.3) is 31.1 Å². The van der Waals surface area contributed by atoms with Gasteiger partial charge in [0, 0.05) is 12.4 Å². The van der Waals surface area contributed by atoms with Gasteiger partial charge in [-0.05, 0) is 24.3 Å². The molecule has 5 rings (SSSR count). The number of anilines is 1. The van der Waals surface area contributed by atoms with Crippen LogP contribution in [0.3, 0.4) is 0 Å². The summed E-state index contributed by atoms with van der Waals surface area (Å²) in [5.74, 6) is -0.351. The lowest BCUT2D eigenvalue weighted by atomic mass is 10.3. The zero-order valence-corrected chi connectivity index (χ0v) is 15.4. The molecule has 5 aromatic rings. The molecule has 6 nitrogen and oxygen atoms in total. The number of nitrogens with zero attached hydrogens (tertiary/aromatic N) is 4. The monoisotopic (exact) mass is 389 g/mol. The highest BCUT2D eigenvalue weighted by Crippen LogP contribution is 2.31. The lowest BCUT2D eigenvalue weighted by Crippen LogP contribution is -2.15. The van der Waals surface area contributed by atoms with Gasteiger partial charge in [0.05, 0.1) is 20.4 Å². The standard InChI is InChI=1S/C19H11N5OS2/c25-17(24-19-23-12-6-2-4-8-14(12)27-19)15-16(21-10-9-20-15)18-22-11-5-1-3-7-13(11)26-18/h1-10H,(H,23,24,25). The van der Waals surface area contributed by atoms with E-state index in [9.17, 15) is 4.79 Å². The number of amides is 1. The van der Waals surface area contributed by atoms with Gasteiger partial charge in [-0.3, -0.25) is 10.1 Å². The normalized spacial score (nSPS) is 11.1. The highest BCUT2D eigenvalue weighted by Gasteiger charge is 2.20. The summed E-state index contributed by atoms with van der Waals surface area (Å²) in [6.45, 7) is 0. The number of para-hydroxylation sites is 2. The summed E-state index contributed by atoms with van der Waals surface area (Å²) in [6, 6.07) is 15.6. The first-order valence-electron chi connectivity index (χ1n) is 8.12. The van der Waals surface area contributed by atoms with Crippen molar-refractivity contribution in [2.24, 2.45) is 0 Å². The van der Waals surface area contributed by atoms with Gasteiger partial charge in [0.25, 0.3) is 5.91 Å². The Hall–Kier alpha value is -3.23. The molecule has 0 radical (unpaired) electrons. The zero-order valence-electron chi connectivity index (χ0n) is 13.8. The Balaban J connectivity index is 1.52. The third-order valence-electron chi connectivity index (χ3n) is 3.92. The van der Waals surface area contributed by atoms with Crippen molar-refractivity contribution >= 4 is 54.1 Å². The molecule has 3 aromatic heterocycles. The number of hydrogen-bond acceptors (Lipinski definition) is 7. The molecule has 0 aliphatic carbocycles. The Morgan fingerprint density at radius 1 is 0.815 bits per heavy atom. The average molecular weight is 389 g/mol. The molecule has 0 atom stereocenters. The van der Waals surface area contributed by atoms with Crippen molar-refractivity contribution in [1.29, 1.82) is 0 Å². The summed E-state index contributed by atoms with van der Waals surface area (Å²) in [4.78, 5) is 30.5. The molecule has 8 heteroatoms. The number of carbonyl (C=O) groups excluding carboxylic acids is 1. The van der Waals surface area contributed by atoms with E-state index in [1.165, 1.54) is 28.9 Å². The van der Waals surface area contributed by atoms with Crippen LogP contribution in [-0.2, 0) is 0 Å². The molecule has 2 aromatic carbocycles. The molecule has 0 saturated carbocycles. The van der Waals surface area contributed by atoms with E-state index in [0.29, 0.717) is 15.8 Å². The van der Waals surface area contributed by atoms with E-state index in [0.717, 1.165) is 20.4 Å². The molecule has 0 aliphatic rings. The minimum absolute atomic E-state index is 0.232. The van der Waals surface area contributed by atoms with Crippen LogP contribution in [0, 0.1) is 0 Å². The SMILES string of the molecule is O=C(Nc1nc2ccccc2s1)c1nccnc1-c1nc2ccccc2s1. The fourth-order valence-corrected chi connectivity index (χ4v) is 4.54. The van der Waals surface area contributed by atoms with Gasteiger partial charge in [0.15, 0.2) is 10.8 Å². The van der Waals surface area contributed by atoms with Gasteiger partial charge >= 0.3 is 0 Å². The van der Waals surface area contributed by atoms with Crippen LogP contribution in [0.2, 0.25) is 0 Å². The molecule has 1 N–H and O–H groups in total.